The fraction of sp³-hybridized carbons (Fsp3) is 0.538. The molecule has 2 rings (SSSR count). The molecule has 1 aromatic carbocycles. The Hall–Kier alpha value is -1.02. The van der Waals surface area contributed by atoms with E-state index in [-0.39, 0.29) is 0 Å². The van der Waals surface area contributed by atoms with E-state index in [0.717, 1.165) is 6.54 Å². The first-order valence-electron chi connectivity index (χ1n) is 5.78. The molecule has 0 aliphatic carbocycles. The zero-order valence-electron chi connectivity index (χ0n) is 9.66. The van der Waals surface area contributed by atoms with Gasteiger partial charge in [0.05, 0.1) is 0 Å². The van der Waals surface area contributed by atoms with Crippen molar-refractivity contribution in [2.75, 3.05) is 25.0 Å². The van der Waals surface area contributed by atoms with E-state index in [1.54, 1.807) is 0 Å². The maximum absolute atomic E-state index is 3.38. The van der Waals surface area contributed by atoms with Crippen LogP contribution in [0.15, 0.2) is 24.3 Å². The quantitative estimate of drug-likeness (QED) is 0.794. The summed E-state index contributed by atoms with van der Waals surface area (Å²) < 4.78 is 0. The van der Waals surface area contributed by atoms with Gasteiger partial charge in [0, 0.05) is 24.8 Å². The number of hydrogen-bond donors (Lipinski definition) is 1. The summed E-state index contributed by atoms with van der Waals surface area (Å²) in [6.07, 6.45) is 2.60. The van der Waals surface area contributed by atoms with Gasteiger partial charge in [0.25, 0.3) is 0 Å². The van der Waals surface area contributed by atoms with Crippen LogP contribution in [-0.2, 0) is 0 Å². The fourth-order valence-corrected chi connectivity index (χ4v) is 2.27. The first kappa shape index (κ1) is 10.5. The van der Waals surface area contributed by atoms with Crippen LogP contribution in [0.2, 0.25) is 0 Å². The molecule has 0 saturated carbocycles. The van der Waals surface area contributed by atoms with Crippen LogP contribution in [0.3, 0.4) is 0 Å². The van der Waals surface area contributed by atoms with Crippen molar-refractivity contribution < 1.29 is 0 Å². The number of likely N-dealkylation sites (N-methyl/N-ethyl adjacent to an activating group) is 1. The monoisotopic (exact) mass is 204 g/mol. The van der Waals surface area contributed by atoms with Crippen LogP contribution in [0.25, 0.3) is 0 Å². The van der Waals surface area contributed by atoms with Crippen LogP contribution < -0.4 is 10.2 Å². The third-order valence-corrected chi connectivity index (χ3v) is 3.20. The number of nitrogens with one attached hydrogen (secondary N) is 1. The van der Waals surface area contributed by atoms with Crippen LogP contribution in [0.1, 0.15) is 18.4 Å². The molecule has 0 amide bonds. The minimum absolute atomic E-state index is 0.652. The number of anilines is 1. The highest BCUT2D eigenvalue weighted by Crippen LogP contribution is 2.20. The molecule has 1 unspecified atom stereocenters. The molecule has 0 spiro atoms. The summed E-state index contributed by atoms with van der Waals surface area (Å²) in [5.74, 6) is 0. The Morgan fingerprint density at radius 2 is 2.27 bits per heavy atom. The molecule has 0 aromatic heterocycles. The van der Waals surface area contributed by atoms with Gasteiger partial charge in [-0.15, -0.1) is 0 Å². The van der Waals surface area contributed by atoms with Crippen molar-refractivity contribution in [2.45, 2.75) is 25.8 Å². The van der Waals surface area contributed by atoms with Crippen LogP contribution >= 0.6 is 0 Å². The number of nitrogens with zero attached hydrogens (tertiary/aromatic N) is 1. The number of hydrogen-bond acceptors (Lipinski definition) is 2. The second-order valence-electron chi connectivity index (χ2n) is 4.41. The molecular weight excluding hydrogens is 184 g/mol. The SMILES string of the molecule is CNC1CCCN(c2cccc(C)c2)C1. The second kappa shape index (κ2) is 4.67. The Bertz CT molecular complexity index is 322. The lowest BCUT2D eigenvalue weighted by molar-refractivity contribution is 0.449. The minimum atomic E-state index is 0.652. The molecule has 82 valence electrons. The average molecular weight is 204 g/mol. The van der Waals surface area contributed by atoms with Crippen molar-refractivity contribution in [3.63, 3.8) is 0 Å². The molecule has 1 aliphatic heterocycles. The van der Waals surface area contributed by atoms with E-state index in [1.807, 2.05) is 0 Å². The van der Waals surface area contributed by atoms with Gasteiger partial charge < -0.3 is 10.2 Å². The summed E-state index contributed by atoms with van der Waals surface area (Å²) in [5.41, 5.74) is 2.72. The Balaban J connectivity index is 2.09. The van der Waals surface area contributed by atoms with Crippen molar-refractivity contribution in [1.29, 1.82) is 0 Å². The van der Waals surface area contributed by atoms with Crippen molar-refractivity contribution >= 4 is 5.69 Å². The highest BCUT2D eigenvalue weighted by atomic mass is 15.2. The summed E-state index contributed by atoms with van der Waals surface area (Å²) in [6.45, 7) is 4.49. The molecule has 1 aliphatic rings. The van der Waals surface area contributed by atoms with Crippen LogP contribution in [-0.4, -0.2) is 26.2 Å². The molecule has 1 heterocycles. The number of aryl methyl sites for hydroxylation is 1. The van der Waals surface area contributed by atoms with E-state index in [0.29, 0.717) is 6.04 Å². The van der Waals surface area contributed by atoms with Crippen LogP contribution in [0, 0.1) is 6.92 Å². The van der Waals surface area contributed by atoms with Crippen molar-refractivity contribution in [3.05, 3.63) is 29.8 Å². The molecule has 15 heavy (non-hydrogen) atoms. The van der Waals surface area contributed by atoms with Crippen molar-refractivity contribution in [3.8, 4) is 0 Å². The van der Waals surface area contributed by atoms with Gasteiger partial charge in [-0.2, -0.15) is 0 Å². The van der Waals surface area contributed by atoms with E-state index in [2.05, 4.69) is 48.5 Å². The molecule has 1 fully saturated rings. The Kier molecular flexibility index (Phi) is 3.27. The van der Waals surface area contributed by atoms with Gasteiger partial charge in [-0.3, -0.25) is 0 Å². The average Bonchev–Trinajstić information content (AvgIpc) is 2.29. The van der Waals surface area contributed by atoms with Gasteiger partial charge in [-0.05, 0) is 44.5 Å². The first-order chi connectivity index (χ1) is 7.29. The molecule has 1 atom stereocenters. The number of piperidine rings is 1. The van der Waals surface area contributed by atoms with E-state index in [1.165, 1.54) is 30.6 Å². The predicted octanol–water partition coefficient (Wildman–Crippen LogP) is 2.18. The van der Waals surface area contributed by atoms with Crippen LogP contribution in [0.4, 0.5) is 5.69 Å². The second-order valence-corrected chi connectivity index (χ2v) is 4.41. The third-order valence-electron chi connectivity index (χ3n) is 3.20. The summed E-state index contributed by atoms with van der Waals surface area (Å²) in [6, 6.07) is 9.44. The lowest BCUT2D eigenvalue weighted by atomic mass is 10.0. The van der Waals surface area contributed by atoms with Gasteiger partial charge in [-0.25, -0.2) is 0 Å². The van der Waals surface area contributed by atoms with Crippen LogP contribution in [0.5, 0.6) is 0 Å². The Morgan fingerprint density at radius 1 is 1.40 bits per heavy atom. The topological polar surface area (TPSA) is 15.3 Å². The normalized spacial score (nSPS) is 21.7. The molecule has 0 bridgehead atoms. The number of rotatable bonds is 2. The van der Waals surface area contributed by atoms with Gasteiger partial charge in [0.2, 0.25) is 0 Å². The first-order valence-corrected chi connectivity index (χ1v) is 5.78. The number of benzene rings is 1. The molecule has 1 N–H and O–H groups in total. The van der Waals surface area contributed by atoms with Crippen molar-refractivity contribution in [1.82, 2.24) is 5.32 Å². The van der Waals surface area contributed by atoms with Gasteiger partial charge in [0.1, 0.15) is 0 Å². The maximum atomic E-state index is 3.38. The zero-order valence-corrected chi connectivity index (χ0v) is 9.66. The zero-order chi connectivity index (χ0) is 10.7. The third kappa shape index (κ3) is 2.51. The minimum Gasteiger partial charge on any atom is -0.370 e. The summed E-state index contributed by atoms with van der Waals surface area (Å²) >= 11 is 0. The van der Waals surface area contributed by atoms with E-state index in [9.17, 15) is 0 Å². The summed E-state index contributed by atoms with van der Waals surface area (Å²) in [4.78, 5) is 2.48. The lowest BCUT2D eigenvalue weighted by Crippen LogP contribution is -2.44. The predicted molar refractivity (Wildman–Crippen MR) is 65.5 cm³/mol. The van der Waals surface area contributed by atoms with E-state index in [4.69, 9.17) is 0 Å². The largest absolute Gasteiger partial charge is 0.370 e. The Labute approximate surface area is 92.3 Å². The molecule has 1 saturated heterocycles. The maximum Gasteiger partial charge on any atom is 0.0369 e. The highest BCUT2D eigenvalue weighted by molar-refractivity contribution is 5.48. The molecule has 1 aromatic rings. The van der Waals surface area contributed by atoms with Gasteiger partial charge >= 0.3 is 0 Å². The van der Waals surface area contributed by atoms with Gasteiger partial charge in [0.15, 0.2) is 0 Å². The smallest absolute Gasteiger partial charge is 0.0369 e. The Morgan fingerprint density at radius 3 is 3.00 bits per heavy atom. The summed E-state index contributed by atoms with van der Waals surface area (Å²) in [7, 11) is 2.06. The molecule has 2 heteroatoms. The van der Waals surface area contributed by atoms with Gasteiger partial charge in [-0.1, -0.05) is 12.1 Å². The van der Waals surface area contributed by atoms with Crippen molar-refractivity contribution in [2.24, 2.45) is 0 Å². The molecule has 0 radical (unpaired) electrons. The van der Waals surface area contributed by atoms with E-state index >= 15 is 0 Å². The summed E-state index contributed by atoms with van der Waals surface area (Å²) in [5, 5.41) is 3.38. The fourth-order valence-electron chi connectivity index (χ4n) is 2.27. The highest BCUT2D eigenvalue weighted by Gasteiger charge is 2.18. The van der Waals surface area contributed by atoms with E-state index < -0.39 is 0 Å². The standard InChI is InChI=1S/C13H20N2/c1-11-5-3-7-13(9-11)15-8-4-6-12(10-15)14-2/h3,5,7,9,12,14H,4,6,8,10H2,1-2H3. The molecule has 2 nitrogen and oxygen atoms in total. The molecular formula is C13H20N2. The lowest BCUT2D eigenvalue weighted by Gasteiger charge is -2.34.